The average molecular weight is 268 g/mol. The van der Waals surface area contributed by atoms with Crippen LogP contribution >= 0.6 is 11.8 Å². The molecule has 1 aromatic rings. The van der Waals surface area contributed by atoms with E-state index in [-0.39, 0.29) is 0 Å². The summed E-state index contributed by atoms with van der Waals surface area (Å²) in [4.78, 5) is 3.27. The van der Waals surface area contributed by atoms with Crippen LogP contribution in [0.2, 0.25) is 0 Å². The van der Waals surface area contributed by atoms with E-state index in [0.29, 0.717) is 13.1 Å². The first-order valence-corrected chi connectivity index (χ1v) is 7.36. The van der Waals surface area contributed by atoms with E-state index in [4.69, 9.17) is 0 Å². The lowest BCUT2D eigenvalue weighted by atomic mass is 10.1. The van der Waals surface area contributed by atoms with E-state index >= 15 is 0 Å². The Bertz CT molecular complexity index is 349. The Hall–Kier alpha value is -0.550. The molecule has 1 rings (SSSR count). The molecule has 0 radical (unpaired) electrons. The molecule has 0 amide bonds. The Morgan fingerprint density at radius 2 is 1.89 bits per heavy atom. The molecule has 1 aromatic carbocycles. The van der Waals surface area contributed by atoms with Gasteiger partial charge in [0.15, 0.2) is 0 Å². The molecule has 0 spiro atoms. The molecule has 0 heterocycles. The van der Waals surface area contributed by atoms with Gasteiger partial charge in [0.05, 0.1) is 5.60 Å². The zero-order valence-electron chi connectivity index (χ0n) is 11.7. The van der Waals surface area contributed by atoms with E-state index in [1.54, 1.807) is 11.8 Å². The van der Waals surface area contributed by atoms with Crippen LogP contribution in [0.5, 0.6) is 0 Å². The third-order valence-electron chi connectivity index (χ3n) is 2.65. The number of thioether (sulfide) groups is 1. The summed E-state index contributed by atoms with van der Waals surface area (Å²) in [5.41, 5.74) is 0.552. The number of likely N-dealkylation sites (N-methyl/N-ethyl adjacent to an activating group) is 1. The summed E-state index contributed by atoms with van der Waals surface area (Å²) in [6.45, 7) is 3.90. The highest BCUT2D eigenvalue weighted by Gasteiger charge is 2.20. The number of hydrogen-bond acceptors (Lipinski definition) is 4. The van der Waals surface area contributed by atoms with Gasteiger partial charge in [-0.15, -0.1) is 11.8 Å². The lowest BCUT2D eigenvalue weighted by Gasteiger charge is -2.27. The van der Waals surface area contributed by atoms with Crippen molar-refractivity contribution in [2.45, 2.75) is 24.0 Å². The van der Waals surface area contributed by atoms with Gasteiger partial charge in [-0.25, -0.2) is 0 Å². The highest BCUT2D eigenvalue weighted by molar-refractivity contribution is 7.98. The van der Waals surface area contributed by atoms with Gasteiger partial charge in [0.1, 0.15) is 0 Å². The van der Waals surface area contributed by atoms with Crippen LogP contribution in [0.1, 0.15) is 12.5 Å². The molecule has 4 heteroatoms. The van der Waals surface area contributed by atoms with Crippen LogP contribution in [0.25, 0.3) is 0 Å². The minimum absolute atomic E-state index is 0.593. The van der Waals surface area contributed by atoms with Gasteiger partial charge < -0.3 is 15.3 Å². The van der Waals surface area contributed by atoms with Crippen molar-refractivity contribution in [3.05, 3.63) is 29.8 Å². The van der Waals surface area contributed by atoms with Gasteiger partial charge in [-0.1, -0.05) is 12.1 Å². The van der Waals surface area contributed by atoms with Crippen LogP contribution in [-0.2, 0) is 6.54 Å². The number of rotatable bonds is 7. The number of aliphatic hydroxyl groups is 1. The zero-order valence-corrected chi connectivity index (χ0v) is 12.5. The second-order valence-corrected chi connectivity index (χ2v) is 6.07. The number of nitrogens with zero attached hydrogens (tertiary/aromatic N) is 1. The van der Waals surface area contributed by atoms with Gasteiger partial charge in [-0.3, -0.25) is 0 Å². The molecule has 0 aromatic heterocycles. The van der Waals surface area contributed by atoms with Gasteiger partial charge in [0.2, 0.25) is 0 Å². The summed E-state index contributed by atoms with van der Waals surface area (Å²) < 4.78 is 0. The summed E-state index contributed by atoms with van der Waals surface area (Å²) in [7, 11) is 3.94. The van der Waals surface area contributed by atoms with Gasteiger partial charge >= 0.3 is 0 Å². The van der Waals surface area contributed by atoms with Crippen LogP contribution in [0.15, 0.2) is 29.2 Å². The molecule has 0 saturated carbocycles. The van der Waals surface area contributed by atoms with E-state index < -0.39 is 5.60 Å². The van der Waals surface area contributed by atoms with Crippen molar-refractivity contribution in [2.75, 3.05) is 33.4 Å². The summed E-state index contributed by atoms with van der Waals surface area (Å²) >= 11 is 1.75. The third-order valence-corrected chi connectivity index (χ3v) is 3.39. The molecule has 0 saturated heterocycles. The predicted molar refractivity (Wildman–Crippen MR) is 79.1 cm³/mol. The quantitative estimate of drug-likeness (QED) is 0.739. The second kappa shape index (κ2) is 7.14. The largest absolute Gasteiger partial charge is 0.388 e. The first kappa shape index (κ1) is 15.5. The molecule has 18 heavy (non-hydrogen) atoms. The normalized spacial score (nSPS) is 14.8. The predicted octanol–water partition coefficient (Wildman–Crippen LogP) is 1.81. The lowest BCUT2D eigenvalue weighted by molar-refractivity contribution is 0.0336. The van der Waals surface area contributed by atoms with Gasteiger partial charge in [-0.2, -0.15) is 0 Å². The molecule has 1 atom stereocenters. The Balaban J connectivity index is 2.36. The van der Waals surface area contributed by atoms with Crippen molar-refractivity contribution in [3.8, 4) is 0 Å². The molecule has 2 N–H and O–H groups in total. The molecule has 1 unspecified atom stereocenters. The molecule has 0 bridgehead atoms. The lowest BCUT2D eigenvalue weighted by Crippen LogP contribution is -2.45. The fourth-order valence-electron chi connectivity index (χ4n) is 1.96. The highest BCUT2D eigenvalue weighted by atomic mass is 32.2. The van der Waals surface area contributed by atoms with Crippen LogP contribution in [0.4, 0.5) is 0 Å². The number of hydrogen-bond donors (Lipinski definition) is 2. The molecule has 3 nitrogen and oxygen atoms in total. The zero-order chi connectivity index (χ0) is 13.6. The highest BCUT2D eigenvalue weighted by Crippen LogP contribution is 2.14. The second-order valence-electron chi connectivity index (χ2n) is 5.19. The molecule has 0 fully saturated rings. The Morgan fingerprint density at radius 3 is 2.39 bits per heavy atom. The molecular weight excluding hydrogens is 244 g/mol. The van der Waals surface area contributed by atoms with Gasteiger partial charge in [-0.05, 0) is 45.0 Å². The maximum Gasteiger partial charge on any atom is 0.0869 e. The third kappa shape index (κ3) is 5.87. The molecule has 0 aliphatic carbocycles. The minimum atomic E-state index is -0.692. The number of nitrogens with one attached hydrogen (secondary N) is 1. The van der Waals surface area contributed by atoms with Crippen molar-refractivity contribution in [1.29, 1.82) is 0 Å². The van der Waals surface area contributed by atoms with Crippen molar-refractivity contribution in [1.82, 2.24) is 10.2 Å². The minimum Gasteiger partial charge on any atom is -0.388 e. The fourth-order valence-corrected chi connectivity index (χ4v) is 2.36. The van der Waals surface area contributed by atoms with E-state index in [1.807, 2.05) is 25.9 Å². The van der Waals surface area contributed by atoms with E-state index in [1.165, 1.54) is 10.5 Å². The summed E-state index contributed by atoms with van der Waals surface area (Å²) in [6, 6.07) is 8.50. The fraction of sp³-hybridized carbons (Fsp3) is 0.571. The summed E-state index contributed by atoms with van der Waals surface area (Å²) in [5, 5.41) is 13.4. The Morgan fingerprint density at radius 1 is 1.28 bits per heavy atom. The van der Waals surface area contributed by atoms with Crippen molar-refractivity contribution < 1.29 is 5.11 Å². The first-order chi connectivity index (χ1) is 8.43. The van der Waals surface area contributed by atoms with Gasteiger partial charge in [0.25, 0.3) is 0 Å². The van der Waals surface area contributed by atoms with Gasteiger partial charge in [0, 0.05) is 24.5 Å². The van der Waals surface area contributed by atoms with Crippen LogP contribution < -0.4 is 5.32 Å². The standard InChI is InChI=1S/C14H24N2OS/c1-14(17,11-16(2)3)10-15-9-12-5-7-13(18-4)8-6-12/h5-8,15,17H,9-11H2,1-4H3. The maximum atomic E-state index is 10.1. The van der Waals surface area contributed by atoms with Crippen LogP contribution in [-0.4, -0.2) is 49.0 Å². The van der Waals surface area contributed by atoms with E-state index in [0.717, 1.165) is 6.54 Å². The van der Waals surface area contributed by atoms with E-state index in [2.05, 4.69) is 35.8 Å². The topological polar surface area (TPSA) is 35.5 Å². The van der Waals surface area contributed by atoms with Crippen molar-refractivity contribution in [3.63, 3.8) is 0 Å². The molecule has 102 valence electrons. The van der Waals surface area contributed by atoms with Crippen LogP contribution in [0.3, 0.4) is 0 Å². The Kier molecular flexibility index (Phi) is 6.15. The molecule has 0 aliphatic heterocycles. The Labute approximate surface area is 115 Å². The van der Waals surface area contributed by atoms with Crippen LogP contribution in [0, 0.1) is 0 Å². The molecular formula is C14H24N2OS. The number of benzene rings is 1. The molecule has 0 aliphatic rings. The summed E-state index contributed by atoms with van der Waals surface area (Å²) in [6.07, 6.45) is 2.08. The smallest absolute Gasteiger partial charge is 0.0869 e. The SMILES string of the molecule is CSc1ccc(CNCC(C)(O)CN(C)C)cc1. The van der Waals surface area contributed by atoms with Crippen molar-refractivity contribution in [2.24, 2.45) is 0 Å². The van der Waals surface area contributed by atoms with E-state index in [9.17, 15) is 5.11 Å². The average Bonchev–Trinajstić information content (AvgIpc) is 2.28. The van der Waals surface area contributed by atoms with Crippen molar-refractivity contribution >= 4 is 11.8 Å². The maximum absolute atomic E-state index is 10.1. The first-order valence-electron chi connectivity index (χ1n) is 6.14. The monoisotopic (exact) mass is 268 g/mol. The summed E-state index contributed by atoms with van der Waals surface area (Å²) in [5.74, 6) is 0.